The highest BCUT2D eigenvalue weighted by Gasteiger charge is 2.10. The first-order valence-electron chi connectivity index (χ1n) is 8.44. The minimum Gasteiger partial charge on any atom is -0.306 e. The number of aryl methyl sites for hydroxylation is 1. The lowest BCUT2D eigenvalue weighted by atomic mass is 10.0. The molecule has 2 aromatic carbocycles. The van der Waals surface area contributed by atoms with Crippen LogP contribution in [0.15, 0.2) is 60.9 Å². The third-order valence-corrected chi connectivity index (χ3v) is 4.13. The summed E-state index contributed by atoms with van der Waals surface area (Å²) in [6, 6.07) is 16.3. The number of amides is 1. The van der Waals surface area contributed by atoms with Gasteiger partial charge in [-0.1, -0.05) is 36.4 Å². The molecule has 0 aliphatic carbocycles. The van der Waals surface area contributed by atoms with Crippen LogP contribution in [0.3, 0.4) is 0 Å². The molecule has 0 fully saturated rings. The van der Waals surface area contributed by atoms with Gasteiger partial charge in [0.25, 0.3) is 0 Å². The average Bonchev–Trinajstić information content (AvgIpc) is 3.29. The van der Waals surface area contributed by atoms with Crippen LogP contribution in [-0.2, 0) is 17.9 Å². The summed E-state index contributed by atoms with van der Waals surface area (Å²) >= 11 is 0. The molecule has 2 heterocycles. The molecular weight excluding hydrogens is 328 g/mol. The Morgan fingerprint density at radius 1 is 1.04 bits per heavy atom. The second-order valence-corrected chi connectivity index (χ2v) is 5.91. The minimum atomic E-state index is -0.190. The summed E-state index contributed by atoms with van der Waals surface area (Å²) in [5.41, 5.74) is 3.19. The van der Waals surface area contributed by atoms with Gasteiger partial charge in [-0.05, 0) is 30.2 Å². The summed E-state index contributed by atoms with van der Waals surface area (Å²) in [4.78, 5) is 13.8. The molecule has 0 radical (unpaired) electrons. The molecule has 4 rings (SSSR count). The van der Waals surface area contributed by atoms with E-state index in [1.807, 2.05) is 37.3 Å². The maximum absolute atomic E-state index is 12.3. The molecule has 7 heteroatoms. The van der Waals surface area contributed by atoms with E-state index in [9.17, 15) is 4.79 Å². The van der Waals surface area contributed by atoms with Gasteiger partial charge in [-0.2, -0.15) is 15.0 Å². The zero-order chi connectivity index (χ0) is 17.9. The average molecular weight is 346 g/mol. The summed E-state index contributed by atoms with van der Waals surface area (Å²) in [6.07, 6.45) is 3.32. The Morgan fingerprint density at radius 3 is 2.65 bits per heavy atom. The largest absolute Gasteiger partial charge is 0.306 e. The predicted octanol–water partition coefficient (Wildman–Crippen LogP) is 2.95. The number of aromatic nitrogens is 5. The lowest BCUT2D eigenvalue weighted by molar-refractivity contribution is -0.116. The van der Waals surface area contributed by atoms with Crippen molar-refractivity contribution in [3.05, 3.63) is 60.9 Å². The van der Waals surface area contributed by atoms with Crippen LogP contribution in [0, 0.1) is 0 Å². The molecule has 0 bridgehead atoms. The number of fused-ring (bicyclic) bond motifs is 1. The Balaban J connectivity index is 1.53. The van der Waals surface area contributed by atoms with Crippen molar-refractivity contribution < 1.29 is 4.79 Å². The fourth-order valence-corrected chi connectivity index (χ4v) is 2.85. The van der Waals surface area contributed by atoms with Gasteiger partial charge in [0, 0.05) is 5.39 Å². The highest BCUT2D eigenvalue weighted by molar-refractivity contribution is 5.91. The third kappa shape index (κ3) is 3.19. The number of nitrogens with one attached hydrogen (secondary N) is 1. The number of rotatable bonds is 5. The zero-order valence-electron chi connectivity index (χ0n) is 14.3. The second-order valence-electron chi connectivity index (χ2n) is 5.91. The molecule has 0 unspecified atom stereocenters. The Labute approximate surface area is 150 Å². The van der Waals surface area contributed by atoms with Crippen LogP contribution >= 0.6 is 0 Å². The van der Waals surface area contributed by atoms with Crippen LogP contribution in [0.4, 0.5) is 5.82 Å². The van der Waals surface area contributed by atoms with Gasteiger partial charge < -0.3 is 5.32 Å². The summed E-state index contributed by atoms with van der Waals surface area (Å²) in [5, 5.41) is 16.3. The number of nitrogens with zero attached hydrogens (tertiary/aromatic N) is 5. The van der Waals surface area contributed by atoms with E-state index >= 15 is 0 Å². The lowest BCUT2D eigenvalue weighted by Crippen LogP contribution is -2.19. The van der Waals surface area contributed by atoms with Crippen molar-refractivity contribution in [1.29, 1.82) is 0 Å². The Morgan fingerprint density at radius 2 is 1.88 bits per heavy atom. The summed E-state index contributed by atoms with van der Waals surface area (Å²) < 4.78 is 1.68. The lowest BCUT2D eigenvalue weighted by Gasteiger charge is -2.05. The van der Waals surface area contributed by atoms with Gasteiger partial charge in [0.15, 0.2) is 5.82 Å². The van der Waals surface area contributed by atoms with Gasteiger partial charge in [0.1, 0.15) is 6.54 Å². The highest BCUT2D eigenvalue weighted by atomic mass is 16.2. The van der Waals surface area contributed by atoms with E-state index in [0.29, 0.717) is 12.4 Å². The first kappa shape index (κ1) is 16.0. The molecule has 0 spiro atoms. The molecule has 26 heavy (non-hydrogen) atoms. The highest BCUT2D eigenvalue weighted by Crippen LogP contribution is 2.24. The van der Waals surface area contributed by atoms with Crippen molar-refractivity contribution in [2.24, 2.45) is 0 Å². The molecule has 130 valence electrons. The van der Waals surface area contributed by atoms with Crippen LogP contribution in [0.5, 0.6) is 0 Å². The molecule has 0 atom stereocenters. The number of anilines is 1. The molecule has 0 saturated heterocycles. The molecule has 0 saturated carbocycles. The van der Waals surface area contributed by atoms with Crippen LogP contribution in [-0.4, -0.2) is 30.7 Å². The van der Waals surface area contributed by atoms with Crippen LogP contribution in [0.25, 0.3) is 22.0 Å². The van der Waals surface area contributed by atoms with Gasteiger partial charge >= 0.3 is 0 Å². The number of carbonyl (C=O) groups excluding carboxylic acids is 1. The SMILES string of the molecule is CCn1ncc(NC(=O)Cn2ncc3cc(-c4ccccc4)ccc32)n1. The first-order chi connectivity index (χ1) is 12.7. The van der Waals surface area contributed by atoms with Crippen molar-refractivity contribution in [2.45, 2.75) is 20.0 Å². The maximum Gasteiger partial charge on any atom is 0.247 e. The fraction of sp³-hybridized carbons (Fsp3) is 0.158. The Kier molecular flexibility index (Phi) is 4.18. The van der Waals surface area contributed by atoms with Crippen molar-refractivity contribution in [3.63, 3.8) is 0 Å². The van der Waals surface area contributed by atoms with E-state index in [-0.39, 0.29) is 12.5 Å². The zero-order valence-corrected chi connectivity index (χ0v) is 14.3. The van der Waals surface area contributed by atoms with Crippen LogP contribution in [0.2, 0.25) is 0 Å². The first-order valence-corrected chi connectivity index (χ1v) is 8.44. The standard InChI is InChI=1S/C19H18N6O/c1-2-25-21-12-18(23-25)22-19(26)13-24-17-9-8-15(10-16(17)11-20-24)14-6-4-3-5-7-14/h3-12H,2,13H2,1H3,(H,22,23,26). The van der Waals surface area contributed by atoms with Crippen molar-refractivity contribution in [1.82, 2.24) is 24.8 Å². The monoisotopic (exact) mass is 346 g/mol. The maximum atomic E-state index is 12.3. The van der Waals surface area contributed by atoms with Gasteiger partial charge in [0.05, 0.1) is 24.5 Å². The number of hydrogen-bond donors (Lipinski definition) is 1. The summed E-state index contributed by atoms with van der Waals surface area (Å²) in [6.45, 7) is 2.71. The fourth-order valence-electron chi connectivity index (χ4n) is 2.85. The van der Waals surface area contributed by atoms with E-state index in [2.05, 4.69) is 38.8 Å². The minimum absolute atomic E-state index is 0.118. The summed E-state index contributed by atoms with van der Waals surface area (Å²) in [7, 11) is 0. The smallest absolute Gasteiger partial charge is 0.247 e. The van der Waals surface area contributed by atoms with Crippen molar-refractivity contribution >= 4 is 22.6 Å². The second kappa shape index (κ2) is 6.79. The molecule has 0 aliphatic rings. The van der Waals surface area contributed by atoms with Crippen LogP contribution in [0.1, 0.15) is 6.92 Å². The normalized spacial score (nSPS) is 11.0. The molecule has 7 nitrogen and oxygen atoms in total. The molecular formula is C19H18N6O. The third-order valence-electron chi connectivity index (χ3n) is 4.13. The van der Waals surface area contributed by atoms with E-state index in [0.717, 1.165) is 22.0 Å². The number of benzene rings is 2. The Hall–Kier alpha value is -3.48. The van der Waals surface area contributed by atoms with Gasteiger partial charge in [-0.25, -0.2) is 0 Å². The number of hydrogen-bond acceptors (Lipinski definition) is 4. The quantitative estimate of drug-likeness (QED) is 0.603. The van der Waals surface area contributed by atoms with Crippen LogP contribution < -0.4 is 5.32 Å². The van der Waals surface area contributed by atoms with Crippen molar-refractivity contribution in [3.8, 4) is 11.1 Å². The van der Waals surface area contributed by atoms with E-state index in [4.69, 9.17) is 0 Å². The van der Waals surface area contributed by atoms with Gasteiger partial charge in [0.2, 0.25) is 5.91 Å². The summed E-state index contributed by atoms with van der Waals surface area (Å²) in [5.74, 6) is 0.255. The molecule has 1 N–H and O–H groups in total. The van der Waals surface area contributed by atoms with Gasteiger partial charge in [-0.15, -0.1) is 5.10 Å². The Bertz CT molecular complexity index is 1050. The molecule has 4 aromatic rings. The van der Waals surface area contributed by atoms with E-state index in [1.165, 1.54) is 11.0 Å². The molecule has 2 aromatic heterocycles. The van der Waals surface area contributed by atoms with Gasteiger partial charge in [-0.3, -0.25) is 9.48 Å². The van der Waals surface area contributed by atoms with Crippen molar-refractivity contribution in [2.75, 3.05) is 5.32 Å². The van der Waals surface area contributed by atoms with E-state index < -0.39 is 0 Å². The predicted molar refractivity (Wildman–Crippen MR) is 99.5 cm³/mol. The molecule has 1 amide bonds. The number of carbonyl (C=O) groups is 1. The molecule has 0 aliphatic heterocycles. The van der Waals surface area contributed by atoms with E-state index in [1.54, 1.807) is 10.9 Å². The topological polar surface area (TPSA) is 77.6 Å².